The van der Waals surface area contributed by atoms with E-state index in [0.717, 1.165) is 18.6 Å². The second kappa shape index (κ2) is 5.92. The van der Waals surface area contributed by atoms with Gasteiger partial charge in [-0.25, -0.2) is 8.42 Å². The van der Waals surface area contributed by atoms with E-state index in [1.54, 1.807) is 0 Å². The fourth-order valence-corrected chi connectivity index (χ4v) is 3.77. The molecule has 1 aliphatic heterocycles. The Hall–Kier alpha value is -1.07. The van der Waals surface area contributed by atoms with E-state index in [0.29, 0.717) is 6.42 Å². The Morgan fingerprint density at radius 3 is 2.58 bits per heavy atom. The zero-order valence-electron chi connectivity index (χ0n) is 11.2. The molecular weight excluding hydrogens is 262 g/mol. The Labute approximate surface area is 114 Å². The van der Waals surface area contributed by atoms with Crippen LogP contribution in [0.15, 0.2) is 24.3 Å². The van der Waals surface area contributed by atoms with E-state index in [2.05, 4.69) is 0 Å². The SMILES string of the molecule is CC(N)CCc1ccc(OC2CCS(=O)(=O)C2)cc1. The summed E-state index contributed by atoms with van der Waals surface area (Å²) in [6.07, 6.45) is 2.31. The number of nitrogens with two attached hydrogens (primary N) is 1. The van der Waals surface area contributed by atoms with Crippen molar-refractivity contribution in [1.82, 2.24) is 0 Å². The predicted molar refractivity (Wildman–Crippen MR) is 76.1 cm³/mol. The maximum Gasteiger partial charge on any atom is 0.154 e. The van der Waals surface area contributed by atoms with Gasteiger partial charge in [0.1, 0.15) is 11.9 Å². The number of hydrogen-bond donors (Lipinski definition) is 1. The van der Waals surface area contributed by atoms with Crippen LogP contribution >= 0.6 is 0 Å². The maximum atomic E-state index is 11.3. The van der Waals surface area contributed by atoms with Crippen LogP contribution < -0.4 is 10.5 Å². The molecular formula is C14H21NO3S. The highest BCUT2D eigenvalue weighted by Crippen LogP contribution is 2.20. The van der Waals surface area contributed by atoms with Crippen LogP contribution in [0.25, 0.3) is 0 Å². The first-order valence-electron chi connectivity index (χ1n) is 6.66. The van der Waals surface area contributed by atoms with Gasteiger partial charge in [0.2, 0.25) is 0 Å². The van der Waals surface area contributed by atoms with E-state index in [9.17, 15) is 8.42 Å². The van der Waals surface area contributed by atoms with Gasteiger partial charge in [-0.05, 0) is 43.9 Å². The van der Waals surface area contributed by atoms with E-state index >= 15 is 0 Å². The summed E-state index contributed by atoms with van der Waals surface area (Å²) in [6.45, 7) is 2.00. The first kappa shape index (κ1) is 14.3. The van der Waals surface area contributed by atoms with Crippen LogP contribution in [-0.4, -0.2) is 32.1 Å². The summed E-state index contributed by atoms with van der Waals surface area (Å²) >= 11 is 0. The van der Waals surface area contributed by atoms with Crippen molar-refractivity contribution in [3.63, 3.8) is 0 Å². The second-order valence-corrected chi connectivity index (χ2v) is 7.53. The van der Waals surface area contributed by atoms with Crippen molar-refractivity contribution in [2.75, 3.05) is 11.5 Å². The van der Waals surface area contributed by atoms with Gasteiger partial charge in [-0.15, -0.1) is 0 Å². The zero-order valence-corrected chi connectivity index (χ0v) is 12.0. The smallest absolute Gasteiger partial charge is 0.154 e. The summed E-state index contributed by atoms with van der Waals surface area (Å²) < 4.78 is 28.4. The average Bonchev–Trinajstić information content (AvgIpc) is 2.68. The van der Waals surface area contributed by atoms with E-state index in [1.807, 2.05) is 31.2 Å². The quantitative estimate of drug-likeness (QED) is 0.890. The molecule has 4 nitrogen and oxygen atoms in total. The largest absolute Gasteiger partial charge is 0.489 e. The topological polar surface area (TPSA) is 69.4 Å². The lowest BCUT2D eigenvalue weighted by Gasteiger charge is -2.12. The van der Waals surface area contributed by atoms with Crippen LogP contribution in [0.1, 0.15) is 25.3 Å². The zero-order chi connectivity index (χ0) is 13.9. The van der Waals surface area contributed by atoms with Crippen LogP contribution in [0.5, 0.6) is 5.75 Å². The minimum Gasteiger partial charge on any atom is -0.489 e. The number of aryl methyl sites for hydroxylation is 1. The van der Waals surface area contributed by atoms with E-state index < -0.39 is 9.84 Å². The van der Waals surface area contributed by atoms with Crippen molar-refractivity contribution in [1.29, 1.82) is 0 Å². The van der Waals surface area contributed by atoms with Gasteiger partial charge in [0.15, 0.2) is 9.84 Å². The van der Waals surface area contributed by atoms with E-state index in [4.69, 9.17) is 10.5 Å². The molecule has 0 saturated carbocycles. The van der Waals surface area contributed by atoms with Crippen molar-refractivity contribution in [2.45, 2.75) is 38.3 Å². The standard InChI is InChI=1S/C14H21NO3S/c1-11(15)2-3-12-4-6-13(7-5-12)18-14-8-9-19(16,17)10-14/h4-7,11,14H,2-3,8-10,15H2,1H3. The van der Waals surface area contributed by atoms with Crippen LogP contribution in [-0.2, 0) is 16.3 Å². The summed E-state index contributed by atoms with van der Waals surface area (Å²) in [4.78, 5) is 0. The molecule has 1 heterocycles. The molecule has 2 N–H and O–H groups in total. The molecule has 0 spiro atoms. The molecule has 19 heavy (non-hydrogen) atoms. The first-order valence-corrected chi connectivity index (χ1v) is 8.48. The molecule has 2 atom stereocenters. The summed E-state index contributed by atoms with van der Waals surface area (Å²) in [6, 6.07) is 8.05. The Morgan fingerprint density at radius 1 is 1.37 bits per heavy atom. The molecule has 1 saturated heterocycles. The lowest BCUT2D eigenvalue weighted by atomic mass is 10.1. The molecule has 0 bridgehead atoms. The number of benzene rings is 1. The lowest BCUT2D eigenvalue weighted by molar-refractivity contribution is 0.229. The molecule has 0 radical (unpaired) electrons. The summed E-state index contributed by atoms with van der Waals surface area (Å²) in [5, 5.41) is 0. The van der Waals surface area contributed by atoms with Crippen molar-refractivity contribution in [3.05, 3.63) is 29.8 Å². The number of rotatable bonds is 5. The van der Waals surface area contributed by atoms with Gasteiger partial charge < -0.3 is 10.5 Å². The monoisotopic (exact) mass is 283 g/mol. The fourth-order valence-electron chi connectivity index (χ4n) is 2.18. The molecule has 106 valence electrons. The van der Waals surface area contributed by atoms with Crippen LogP contribution in [0.3, 0.4) is 0 Å². The Bertz CT molecular complexity index is 508. The molecule has 1 aliphatic rings. The van der Waals surface area contributed by atoms with Gasteiger partial charge in [-0.1, -0.05) is 12.1 Å². The molecule has 2 unspecified atom stereocenters. The van der Waals surface area contributed by atoms with Gasteiger partial charge in [-0.3, -0.25) is 0 Å². The van der Waals surface area contributed by atoms with Gasteiger partial charge in [0, 0.05) is 6.04 Å². The van der Waals surface area contributed by atoms with Gasteiger partial charge >= 0.3 is 0 Å². The van der Waals surface area contributed by atoms with Crippen molar-refractivity contribution in [3.8, 4) is 5.75 Å². The lowest BCUT2D eigenvalue weighted by Crippen LogP contribution is -2.17. The molecule has 0 aromatic heterocycles. The third kappa shape index (κ3) is 4.51. The highest BCUT2D eigenvalue weighted by molar-refractivity contribution is 7.91. The van der Waals surface area contributed by atoms with Gasteiger partial charge in [-0.2, -0.15) is 0 Å². The molecule has 1 fully saturated rings. The third-order valence-electron chi connectivity index (χ3n) is 3.31. The summed E-state index contributed by atoms with van der Waals surface area (Å²) in [7, 11) is -2.88. The van der Waals surface area contributed by atoms with Crippen LogP contribution in [0.2, 0.25) is 0 Å². The molecule has 0 amide bonds. The van der Waals surface area contributed by atoms with Crippen molar-refractivity contribution in [2.24, 2.45) is 5.73 Å². The molecule has 1 aromatic rings. The molecule has 2 rings (SSSR count). The summed E-state index contributed by atoms with van der Waals surface area (Å²) in [5.41, 5.74) is 6.95. The van der Waals surface area contributed by atoms with Gasteiger partial charge in [0.25, 0.3) is 0 Å². The first-order chi connectivity index (χ1) is 8.94. The summed E-state index contributed by atoms with van der Waals surface area (Å²) in [5.74, 6) is 1.12. The van der Waals surface area contributed by atoms with Crippen molar-refractivity contribution >= 4 is 9.84 Å². The van der Waals surface area contributed by atoms with Crippen LogP contribution in [0.4, 0.5) is 0 Å². The fraction of sp³-hybridized carbons (Fsp3) is 0.571. The molecule has 0 aliphatic carbocycles. The third-order valence-corrected chi connectivity index (χ3v) is 5.04. The molecule has 1 aromatic carbocycles. The predicted octanol–water partition coefficient (Wildman–Crippen LogP) is 1.53. The average molecular weight is 283 g/mol. The van der Waals surface area contributed by atoms with Gasteiger partial charge in [0.05, 0.1) is 11.5 Å². The maximum absolute atomic E-state index is 11.3. The number of ether oxygens (including phenoxy) is 1. The highest BCUT2D eigenvalue weighted by Gasteiger charge is 2.29. The number of hydrogen-bond acceptors (Lipinski definition) is 4. The minimum absolute atomic E-state index is 0.138. The Kier molecular flexibility index (Phi) is 4.47. The van der Waals surface area contributed by atoms with E-state index in [-0.39, 0.29) is 23.7 Å². The second-order valence-electron chi connectivity index (χ2n) is 5.30. The Morgan fingerprint density at radius 2 is 2.05 bits per heavy atom. The normalized spacial score (nSPS) is 23.2. The highest BCUT2D eigenvalue weighted by atomic mass is 32.2. The Balaban J connectivity index is 1.88. The van der Waals surface area contributed by atoms with Crippen molar-refractivity contribution < 1.29 is 13.2 Å². The number of sulfone groups is 1. The minimum atomic E-state index is -2.88. The van der Waals surface area contributed by atoms with Crippen LogP contribution in [0, 0.1) is 0 Å². The molecule has 5 heteroatoms. The van der Waals surface area contributed by atoms with E-state index in [1.165, 1.54) is 5.56 Å².